The second-order valence-corrected chi connectivity index (χ2v) is 6.22. The van der Waals surface area contributed by atoms with Crippen LogP contribution < -0.4 is 11.1 Å². The first-order valence-electron chi connectivity index (χ1n) is 6.15. The molecule has 0 fully saturated rings. The van der Waals surface area contributed by atoms with E-state index in [0.29, 0.717) is 18.4 Å². The van der Waals surface area contributed by atoms with Crippen molar-refractivity contribution >= 4 is 43.6 Å². The lowest BCUT2D eigenvalue weighted by atomic mass is 9.91. The number of amides is 1. The molecule has 1 amide bonds. The first kappa shape index (κ1) is 17.0. The van der Waals surface area contributed by atoms with Crippen LogP contribution >= 0.6 is 31.9 Å². The van der Waals surface area contributed by atoms with Gasteiger partial charge in [-0.1, -0.05) is 50.9 Å². The van der Waals surface area contributed by atoms with Gasteiger partial charge in [0.15, 0.2) is 5.84 Å². The van der Waals surface area contributed by atoms with E-state index >= 15 is 0 Å². The normalized spacial score (nSPS) is 12.3. The van der Waals surface area contributed by atoms with Crippen LogP contribution in [-0.2, 0) is 0 Å². The van der Waals surface area contributed by atoms with E-state index in [0.717, 1.165) is 8.95 Å². The Morgan fingerprint density at radius 2 is 1.80 bits per heavy atom. The summed E-state index contributed by atoms with van der Waals surface area (Å²) >= 11 is 6.68. The molecule has 5 nitrogen and oxygen atoms in total. The molecule has 0 aromatic heterocycles. The van der Waals surface area contributed by atoms with Gasteiger partial charge in [-0.3, -0.25) is 4.79 Å². The minimum absolute atomic E-state index is 0.00455. The third-order valence-corrected chi connectivity index (χ3v) is 4.20. The Kier molecular flexibility index (Phi) is 6.01. The van der Waals surface area contributed by atoms with Crippen LogP contribution in [0.15, 0.2) is 32.3 Å². The maximum Gasteiger partial charge on any atom is 0.252 e. The van der Waals surface area contributed by atoms with Crippen molar-refractivity contribution in [3.63, 3.8) is 0 Å². The van der Waals surface area contributed by atoms with E-state index in [1.165, 1.54) is 0 Å². The number of rotatable bonds is 5. The SMILES string of the molecule is CCC(CC)(NC(=O)c1cc(Br)cc(Br)c1)/C(N)=N/O. The number of nitrogens with one attached hydrogen (secondary N) is 1. The van der Waals surface area contributed by atoms with E-state index in [1.807, 2.05) is 19.9 Å². The van der Waals surface area contributed by atoms with Gasteiger partial charge in [-0.25, -0.2) is 0 Å². The summed E-state index contributed by atoms with van der Waals surface area (Å²) in [6.45, 7) is 3.75. The first-order valence-corrected chi connectivity index (χ1v) is 7.73. The highest BCUT2D eigenvalue weighted by molar-refractivity contribution is 9.11. The largest absolute Gasteiger partial charge is 0.409 e. The molecule has 0 unspecified atom stereocenters. The van der Waals surface area contributed by atoms with Crippen molar-refractivity contribution in [1.29, 1.82) is 0 Å². The summed E-state index contributed by atoms with van der Waals surface area (Å²) in [5, 5.41) is 14.8. The third kappa shape index (κ3) is 3.73. The molecule has 0 spiro atoms. The Morgan fingerprint density at radius 3 is 2.20 bits per heavy atom. The zero-order valence-corrected chi connectivity index (χ0v) is 14.5. The van der Waals surface area contributed by atoms with Crippen molar-refractivity contribution in [3.8, 4) is 0 Å². The molecule has 110 valence electrons. The highest BCUT2D eigenvalue weighted by atomic mass is 79.9. The molecular formula is C13H17Br2N3O2. The van der Waals surface area contributed by atoms with Gasteiger partial charge in [0.1, 0.15) is 5.54 Å². The van der Waals surface area contributed by atoms with E-state index in [9.17, 15) is 4.79 Å². The lowest BCUT2D eigenvalue weighted by Crippen LogP contribution is -2.56. The van der Waals surface area contributed by atoms with E-state index in [4.69, 9.17) is 10.9 Å². The molecule has 0 saturated carbocycles. The standard InChI is InChI=1S/C13H17Br2N3O2/c1-3-13(4-2,12(16)18-20)17-11(19)8-5-9(14)7-10(15)6-8/h5-7,20H,3-4H2,1-2H3,(H2,16,18)(H,17,19). The molecule has 0 atom stereocenters. The van der Waals surface area contributed by atoms with Crippen LogP contribution in [0.2, 0.25) is 0 Å². The van der Waals surface area contributed by atoms with Gasteiger partial charge >= 0.3 is 0 Å². The molecule has 4 N–H and O–H groups in total. The molecule has 1 rings (SSSR count). The van der Waals surface area contributed by atoms with Gasteiger partial charge < -0.3 is 16.3 Å². The minimum Gasteiger partial charge on any atom is -0.409 e. The predicted octanol–water partition coefficient (Wildman–Crippen LogP) is 3.25. The van der Waals surface area contributed by atoms with Gasteiger partial charge in [-0.15, -0.1) is 0 Å². The number of carbonyl (C=O) groups excluding carboxylic acids is 1. The number of benzene rings is 1. The van der Waals surface area contributed by atoms with Crippen molar-refractivity contribution in [2.75, 3.05) is 0 Å². The highest BCUT2D eigenvalue weighted by Crippen LogP contribution is 2.22. The summed E-state index contributed by atoms with van der Waals surface area (Å²) in [5.41, 5.74) is 5.37. The van der Waals surface area contributed by atoms with Crippen LogP contribution in [0.25, 0.3) is 0 Å². The molecular weight excluding hydrogens is 390 g/mol. The zero-order chi connectivity index (χ0) is 15.3. The van der Waals surface area contributed by atoms with Crippen molar-refractivity contribution in [1.82, 2.24) is 5.32 Å². The van der Waals surface area contributed by atoms with Crippen LogP contribution in [0.5, 0.6) is 0 Å². The second kappa shape index (κ2) is 7.08. The molecule has 1 aromatic carbocycles. The van der Waals surface area contributed by atoms with E-state index in [-0.39, 0.29) is 11.7 Å². The van der Waals surface area contributed by atoms with Crippen molar-refractivity contribution in [3.05, 3.63) is 32.7 Å². The average Bonchev–Trinajstić information content (AvgIpc) is 2.42. The third-order valence-electron chi connectivity index (χ3n) is 3.28. The smallest absolute Gasteiger partial charge is 0.252 e. The Bertz CT molecular complexity index is 508. The van der Waals surface area contributed by atoms with Gasteiger partial charge in [0.05, 0.1) is 0 Å². The summed E-state index contributed by atoms with van der Waals surface area (Å²) in [6, 6.07) is 5.26. The number of carbonyl (C=O) groups is 1. The monoisotopic (exact) mass is 405 g/mol. The lowest BCUT2D eigenvalue weighted by Gasteiger charge is -2.31. The Hall–Kier alpha value is -1.08. The summed E-state index contributed by atoms with van der Waals surface area (Å²) in [4.78, 5) is 12.4. The van der Waals surface area contributed by atoms with Gasteiger partial charge in [-0.2, -0.15) is 0 Å². The van der Waals surface area contributed by atoms with Crippen LogP contribution in [-0.4, -0.2) is 22.5 Å². The molecule has 0 saturated heterocycles. The number of hydrogen-bond donors (Lipinski definition) is 3. The number of oxime groups is 1. The lowest BCUT2D eigenvalue weighted by molar-refractivity contribution is 0.0917. The van der Waals surface area contributed by atoms with Gasteiger partial charge in [0.2, 0.25) is 0 Å². The number of nitrogens with two attached hydrogens (primary N) is 1. The van der Waals surface area contributed by atoms with Crippen molar-refractivity contribution in [2.24, 2.45) is 10.9 Å². The summed E-state index contributed by atoms with van der Waals surface area (Å²) in [7, 11) is 0. The molecule has 0 aliphatic heterocycles. The maximum absolute atomic E-state index is 12.4. The Morgan fingerprint density at radius 1 is 1.30 bits per heavy atom. The molecule has 0 aliphatic carbocycles. The molecule has 0 aliphatic rings. The molecule has 7 heteroatoms. The summed E-state index contributed by atoms with van der Waals surface area (Å²) in [5.74, 6) is -0.271. The number of amidine groups is 1. The van der Waals surface area contributed by atoms with E-state index < -0.39 is 5.54 Å². The van der Waals surface area contributed by atoms with Gasteiger partial charge in [-0.05, 0) is 31.0 Å². The number of hydrogen-bond acceptors (Lipinski definition) is 3. The summed E-state index contributed by atoms with van der Waals surface area (Å²) in [6.07, 6.45) is 1.06. The van der Waals surface area contributed by atoms with Crippen molar-refractivity contribution < 1.29 is 10.0 Å². The summed E-state index contributed by atoms with van der Waals surface area (Å²) < 4.78 is 1.58. The first-order chi connectivity index (χ1) is 9.38. The fourth-order valence-corrected chi connectivity index (χ4v) is 3.22. The predicted molar refractivity (Wildman–Crippen MR) is 86.0 cm³/mol. The Balaban J connectivity index is 3.08. The number of halogens is 2. The maximum atomic E-state index is 12.4. The van der Waals surface area contributed by atoms with Gasteiger partial charge in [0.25, 0.3) is 5.91 Å². The fraction of sp³-hybridized carbons (Fsp3) is 0.385. The number of nitrogens with zero attached hydrogens (tertiary/aromatic N) is 1. The van der Waals surface area contributed by atoms with E-state index in [1.54, 1.807) is 12.1 Å². The second-order valence-electron chi connectivity index (χ2n) is 4.39. The molecule has 0 heterocycles. The van der Waals surface area contributed by atoms with Crippen molar-refractivity contribution in [2.45, 2.75) is 32.2 Å². The average molecular weight is 407 g/mol. The van der Waals surface area contributed by atoms with Gasteiger partial charge in [0, 0.05) is 14.5 Å². The Labute approximate surface area is 134 Å². The van der Waals surface area contributed by atoms with E-state index in [2.05, 4.69) is 42.3 Å². The molecule has 0 bridgehead atoms. The molecule has 0 radical (unpaired) electrons. The topological polar surface area (TPSA) is 87.7 Å². The van der Waals surface area contributed by atoms with Crippen LogP contribution in [0, 0.1) is 0 Å². The van der Waals surface area contributed by atoms with Crippen LogP contribution in [0.1, 0.15) is 37.0 Å². The van der Waals surface area contributed by atoms with Crippen LogP contribution in [0.4, 0.5) is 0 Å². The quantitative estimate of drug-likeness (QED) is 0.303. The molecule has 1 aromatic rings. The minimum atomic E-state index is -0.847. The highest BCUT2D eigenvalue weighted by Gasteiger charge is 2.33. The molecule has 20 heavy (non-hydrogen) atoms. The zero-order valence-electron chi connectivity index (χ0n) is 11.3. The van der Waals surface area contributed by atoms with Crippen LogP contribution in [0.3, 0.4) is 0 Å². The fourth-order valence-electron chi connectivity index (χ4n) is 1.92.